The van der Waals surface area contributed by atoms with Crippen molar-refractivity contribution in [2.75, 3.05) is 13.2 Å². The molecule has 6 nitrogen and oxygen atoms in total. The van der Waals surface area contributed by atoms with Crippen LogP contribution in [0.3, 0.4) is 0 Å². The second kappa shape index (κ2) is 70.3. The van der Waals surface area contributed by atoms with E-state index in [0.29, 0.717) is 19.3 Å². The monoisotopic (exact) mass is 1150 g/mol. The van der Waals surface area contributed by atoms with Gasteiger partial charge in [0.1, 0.15) is 13.2 Å². The SMILES string of the molecule is CC/C=C\C/C=C\C/C=C\C/C=C\C/C=C\C/C=C\C/C=C\CCCCCCCCCC(=O)OCC(COC(=O)CCCCCCC/C=C\C/C=C\CCCCC)OC(=O)CCCCCCCCCCC/C=C\CCCCCCCCCC. The molecule has 0 aromatic heterocycles. The van der Waals surface area contributed by atoms with Crippen LogP contribution in [0.25, 0.3) is 0 Å². The van der Waals surface area contributed by atoms with E-state index in [2.05, 4.69) is 142 Å². The van der Waals surface area contributed by atoms with Gasteiger partial charge in [-0.15, -0.1) is 0 Å². The number of rotatable bonds is 63. The summed E-state index contributed by atoms with van der Waals surface area (Å²) in [5.74, 6) is -0.906. The minimum Gasteiger partial charge on any atom is -0.462 e. The van der Waals surface area contributed by atoms with Gasteiger partial charge in [0.05, 0.1) is 0 Å². The number of carbonyl (C=O) groups excluding carboxylic acids is 3. The van der Waals surface area contributed by atoms with Gasteiger partial charge < -0.3 is 14.2 Å². The van der Waals surface area contributed by atoms with Crippen LogP contribution in [-0.2, 0) is 28.6 Å². The van der Waals surface area contributed by atoms with Crippen molar-refractivity contribution in [3.05, 3.63) is 122 Å². The summed E-state index contributed by atoms with van der Waals surface area (Å²) in [4.78, 5) is 38.4. The van der Waals surface area contributed by atoms with Gasteiger partial charge in [0.15, 0.2) is 6.10 Å². The predicted octanol–water partition coefficient (Wildman–Crippen LogP) is 24.3. The Morgan fingerprint density at radius 3 is 0.771 bits per heavy atom. The first kappa shape index (κ1) is 78.8. The maximum Gasteiger partial charge on any atom is 0.306 e. The van der Waals surface area contributed by atoms with Crippen molar-refractivity contribution in [1.29, 1.82) is 0 Å². The number of hydrogen-bond donors (Lipinski definition) is 0. The molecule has 6 heteroatoms. The second-order valence-electron chi connectivity index (χ2n) is 23.1. The largest absolute Gasteiger partial charge is 0.462 e. The van der Waals surface area contributed by atoms with Gasteiger partial charge in [-0.05, 0) is 135 Å². The molecule has 0 spiro atoms. The summed E-state index contributed by atoms with van der Waals surface area (Å²) in [5, 5.41) is 0. The Labute approximate surface area is 513 Å². The fourth-order valence-corrected chi connectivity index (χ4v) is 9.68. The molecule has 0 aromatic carbocycles. The molecular formula is C77H130O6. The molecular weight excluding hydrogens is 1020 g/mol. The van der Waals surface area contributed by atoms with Crippen molar-refractivity contribution in [3.8, 4) is 0 Å². The van der Waals surface area contributed by atoms with E-state index in [0.717, 1.165) is 135 Å². The summed E-state index contributed by atoms with van der Waals surface area (Å²) < 4.78 is 17.0. The third kappa shape index (κ3) is 68.5. The van der Waals surface area contributed by atoms with Crippen molar-refractivity contribution < 1.29 is 28.6 Å². The van der Waals surface area contributed by atoms with Gasteiger partial charge in [0.25, 0.3) is 0 Å². The Kier molecular flexibility index (Phi) is 66.7. The van der Waals surface area contributed by atoms with Crippen molar-refractivity contribution in [2.45, 2.75) is 335 Å². The zero-order valence-corrected chi connectivity index (χ0v) is 54.4. The highest BCUT2D eigenvalue weighted by Crippen LogP contribution is 2.16. The maximum absolute atomic E-state index is 13.0. The summed E-state index contributed by atoms with van der Waals surface area (Å²) in [7, 11) is 0. The fraction of sp³-hybridized carbons (Fsp3) is 0.701. The predicted molar refractivity (Wildman–Crippen MR) is 362 cm³/mol. The molecule has 83 heavy (non-hydrogen) atoms. The zero-order chi connectivity index (χ0) is 59.9. The summed E-state index contributed by atoms with van der Waals surface area (Å²) >= 11 is 0. The van der Waals surface area contributed by atoms with E-state index >= 15 is 0 Å². The molecule has 0 aliphatic rings. The van der Waals surface area contributed by atoms with Gasteiger partial charge in [-0.1, -0.05) is 296 Å². The minimum atomic E-state index is -0.795. The molecule has 0 saturated heterocycles. The Morgan fingerprint density at radius 2 is 0.470 bits per heavy atom. The lowest BCUT2D eigenvalue weighted by atomic mass is 10.1. The van der Waals surface area contributed by atoms with Crippen LogP contribution in [0.1, 0.15) is 329 Å². The molecule has 0 N–H and O–H groups in total. The molecule has 0 aliphatic carbocycles. The molecule has 0 aliphatic heterocycles. The summed E-state index contributed by atoms with van der Waals surface area (Å²) in [6.45, 7) is 6.51. The first-order valence-corrected chi connectivity index (χ1v) is 35.0. The molecule has 0 fully saturated rings. The number of esters is 3. The van der Waals surface area contributed by atoms with E-state index in [1.54, 1.807) is 0 Å². The van der Waals surface area contributed by atoms with E-state index in [1.807, 2.05) is 0 Å². The van der Waals surface area contributed by atoms with Gasteiger partial charge >= 0.3 is 17.9 Å². The van der Waals surface area contributed by atoms with Crippen LogP contribution in [0.4, 0.5) is 0 Å². The highest BCUT2D eigenvalue weighted by atomic mass is 16.6. The molecule has 1 unspecified atom stereocenters. The van der Waals surface area contributed by atoms with Crippen LogP contribution < -0.4 is 0 Å². The average Bonchev–Trinajstić information content (AvgIpc) is 3.49. The molecule has 1 atom stereocenters. The van der Waals surface area contributed by atoms with Gasteiger partial charge in [0, 0.05) is 19.3 Å². The Hall–Kier alpha value is -4.19. The van der Waals surface area contributed by atoms with Crippen LogP contribution in [0, 0.1) is 0 Å². The van der Waals surface area contributed by atoms with Crippen molar-refractivity contribution in [3.63, 3.8) is 0 Å². The van der Waals surface area contributed by atoms with E-state index in [9.17, 15) is 14.4 Å². The molecule has 0 aromatic rings. The lowest BCUT2D eigenvalue weighted by Crippen LogP contribution is -2.30. The molecule has 474 valence electrons. The first-order chi connectivity index (χ1) is 41.0. The highest BCUT2D eigenvalue weighted by molar-refractivity contribution is 5.71. The second-order valence-corrected chi connectivity index (χ2v) is 23.1. The Morgan fingerprint density at radius 1 is 0.253 bits per heavy atom. The van der Waals surface area contributed by atoms with Gasteiger partial charge in [0.2, 0.25) is 0 Å². The van der Waals surface area contributed by atoms with Crippen LogP contribution >= 0.6 is 0 Å². The quantitative estimate of drug-likeness (QED) is 0.0261. The van der Waals surface area contributed by atoms with Gasteiger partial charge in [-0.3, -0.25) is 14.4 Å². The van der Waals surface area contributed by atoms with Gasteiger partial charge in [-0.25, -0.2) is 0 Å². The lowest BCUT2D eigenvalue weighted by molar-refractivity contribution is -0.167. The maximum atomic E-state index is 13.0. The summed E-state index contributed by atoms with van der Waals surface area (Å²) in [6.07, 6.45) is 97.8. The first-order valence-electron chi connectivity index (χ1n) is 35.0. The zero-order valence-electron chi connectivity index (χ0n) is 54.4. The van der Waals surface area contributed by atoms with E-state index in [4.69, 9.17) is 14.2 Å². The Bertz CT molecular complexity index is 1700. The van der Waals surface area contributed by atoms with Crippen LogP contribution in [0.15, 0.2) is 122 Å². The number of carbonyl (C=O) groups is 3. The normalized spacial score (nSPS) is 12.9. The number of ether oxygens (including phenoxy) is 3. The fourth-order valence-electron chi connectivity index (χ4n) is 9.68. The third-order valence-electron chi connectivity index (χ3n) is 14.9. The topological polar surface area (TPSA) is 78.9 Å². The third-order valence-corrected chi connectivity index (χ3v) is 14.9. The van der Waals surface area contributed by atoms with Crippen molar-refractivity contribution >= 4 is 17.9 Å². The van der Waals surface area contributed by atoms with Crippen LogP contribution in [0.5, 0.6) is 0 Å². The van der Waals surface area contributed by atoms with E-state index < -0.39 is 6.10 Å². The van der Waals surface area contributed by atoms with Crippen molar-refractivity contribution in [2.24, 2.45) is 0 Å². The number of hydrogen-bond acceptors (Lipinski definition) is 6. The van der Waals surface area contributed by atoms with Crippen LogP contribution in [-0.4, -0.2) is 37.2 Å². The summed E-state index contributed by atoms with van der Waals surface area (Å²) in [6, 6.07) is 0. The average molecular weight is 1150 g/mol. The van der Waals surface area contributed by atoms with Crippen molar-refractivity contribution in [1.82, 2.24) is 0 Å². The Balaban J connectivity index is 4.38. The molecule has 0 saturated carbocycles. The summed E-state index contributed by atoms with van der Waals surface area (Å²) in [5.41, 5.74) is 0. The minimum absolute atomic E-state index is 0.0903. The number of unbranched alkanes of at least 4 members (excludes halogenated alkanes) is 32. The van der Waals surface area contributed by atoms with E-state index in [-0.39, 0.29) is 31.1 Å². The standard InChI is InChI=1S/C77H130O6/c1-4-7-10-13-16-19-22-25-28-30-32-34-35-36-37-38-39-40-41-43-44-46-49-52-55-58-61-64-67-70-76(79)82-73-74(72-81-75(78)69-66-63-60-57-54-51-48-27-24-21-18-15-12-9-6-3)83-77(80)71-68-65-62-59-56-53-50-47-45-42-33-31-29-26-23-20-17-14-11-8-5-2/h7,10,16,18-19,21,25,27-28,31-34,36-37,39-40,43-44,48,74H,4-6,8-9,11-15,17,20,22-24,26,29-30,35,38,41-42,45-47,49-73H2,1-3H3/b10-7-,19-16-,21-18-,28-25-,33-31-,34-32-,37-36-,40-39-,44-43-,48-27-. The molecule has 0 amide bonds. The highest BCUT2D eigenvalue weighted by Gasteiger charge is 2.19. The smallest absolute Gasteiger partial charge is 0.306 e. The molecule has 0 bridgehead atoms. The molecule has 0 radical (unpaired) electrons. The van der Waals surface area contributed by atoms with Crippen LogP contribution in [0.2, 0.25) is 0 Å². The molecule has 0 heterocycles. The molecule has 0 rings (SSSR count). The lowest BCUT2D eigenvalue weighted by Gasteiger charge is -2.18. The van der Waals surface area contributed by atoms with Gasteiger partial charge in [-0.2, -0.15) is 0 Å². The van der Waals surface area contributed by atoms with E-state index in [1.165, 1.54) is 154 Å². The number of allylic oxidation sites excluding steroid dienone is 20.